The van der Waals surface area contributed by atoms with Crippen LogP contribution in [-0.4, -0.2) is 0 Å². The Morgan fingerprint density at radius 2 is 0.857 bits per heavy atom. The van der Waals surface area contributed by atoms with E-state index in [0.29, 0.717) is 0 Å². The van der Waals surface area contributed by atoms with Gasteiger partial charge in [0.15, 0.2) is 0 Å². The van der Waals surface area contributed by atoms with E-state index < -0.39 is 0 Å². The number of nitrogens with zero attached hydrogens (tertiary/aromatic N) is 1. The maximum absolute atomic E-state index is 6.25. The molecule has 0 fully saturated rings. The highest BCUT2D eigenvalue weighted by Gasteiger charge is 2.17. The second kappa shape index (κ2) is 13.2. The van der Waals surface area contributed by atoms with Crippen LogP contribution in [0.5, 0.6) is 0 Å². The number of furan rings is 1. The Morgan fingerprint density at radius 3 is 1.73 bits per heavy atom. The van der Waals surface area contributed by atoms with E-state index in [4.69, 9.17) is 4.42 Å². The molecule has 0 amide bonds. The van der Waals surface area contributed by atoms with E-state index >= 15 is 0 Å². The van der Waals surface area contributed by atoms with Gasteiger partial charge in [0.25, 0.3) is 0 Å². The van der Waals surface area contributed by atoms with Crippen LogP contribution in [0.4, 0.5) is 17.1 Å². The number of hydrogen-bond acceptors (Lipinski definition) is 2. The van der Waals surface area contributed by atoms with Crippen LogP contribution in [0.2, 0.25) is 0 Å². The summed E-state index contributed by atoms with van der Waals surface area (Å²) in [6, 6.07) is 76.6. The topological polar surface area (TPSA) is 16.4 Å². The van der Waals surface area contributed by atoms with Gasteiger partial charge >= 0.3 is 0 Å². The molecule has 0 bridgehead atoms. The van der Waals surface area contributed by atoms with Gasteiger partial charge in [-0.25, -0.2) is 0 Å². The van der Waals surface area contributed by atoms with Gasteiger partial charge in [-0.05, 0) is 126 Å². The summed E-state index contributed by atoms with van der Waals surface area (Å²) in [6.07, 6.45) is 0. The van der Waals surface area contributed by atoms with Crippen LogP contribution in [0.1, 0.15) is 0 Å². The van der Waals surface area contributed by atoms with Gasteiger partial charge in [-0.2, -0.15) is 0 Å². The molecule has 0 radical (unpaired) electrons. The molecule has 0 saturated heterocycles. The summed E-state index contributed by atoms with van der Waals surface area (Å²) in [6.45, 7) is 0. The summed E-state index contributed by atoms with van der Waals surface area (Å²) in [5, 5.41) is 9.74. The maximum Gasteiger partial charge on any atom is 0.136 e. The van der Waals surface area contributed by atoms with Gasteiger partial charge in [-0.1, -0.05) is 152 Å². The fraction of sp³-hybridized carbons (Fsp3) is 0. The van der Waals surface area contributed by atoms with Crippen molar-refractivity contribution in [2.24, 2.45) is 0 Å². The first-order valence-electron chi connectivity index (χ1n) is 19.2. The Hall–Kier alpha value is -7.42. The van der Waals surface area contributed by atoms with Gasteiger partial charge in [-0.3, -0.25) is 0 Å². The average molecular weight is 714 g/mol. The van der Waals surface area contributed by atoms with Crippen molar-refractivity contribution in [3.8, 4) is 33.4 Å². The Morgan fingerprint density at radius 1 is 0.286 bits per heavy atom. The molecular formula is C54H35NO. The Labute approximate surface area is 325 Å². The van der Waals surface area contributed by atoms with E-state index in [-0.39, 0.29) is 0 Å². The van der Waals surface area contributed by atoms with E-state index in [1.54, 1.807) is 0 Å². The zero-order chi connectivity index (χ0) is 37.0. The summed E-state index contributed by atoms with van der Waals surface area (Å²) in [5.41, 5.74) is 12.1. The van der Waals surface area contributed by atoms with Crippen LogP contribution >= 0.6 is 0 Å². The molecule has 56 heavy (non-hydrogen) atoms. The molecule has 0 atom stereocenters. The molecule has 2 nitrogen and oxygen atoms in total. The minimum Gasteiger partial charge on any atom is -0.456 e. The van der Waals surface area contributed by atoms with E-state index in [9.17, 15) is 0 Å². The van der Waals surface area contributed by atoms with Crippen molar-refractivity contribution >= 4 is 71.3 Å². The summed E-state index contributed by atoms with van der Waals surface area (Å²) in [4.78, 5) is 2.39. The summed E-state index contributed by atoms with van der Waals surface area (Å²) in [5.74, 6) is 0. The molecule has 0 aliphatic carbocycles. The van der Waals surface area contributed by atoms with Crippen LogP contribution in [0.3, 0.4) is 0 Å². The predicted molar refractivity (Wildman–Crippen MR) is 237 cm³/mol. The molecule has 0 aliphatic heterocycles. The number of rotatable bonds is 6. The molecule has 262 valence electrons. The van der Waals surface area contributed by atoms with E-state index in [1.807, 2.05) is 12.1 Å². The van der Waals surface area contributed by atoms with E-state index in [2.05, 4.69) is 205 Å². The number of para-hydroxylation sites is 1. The number of hydrogen-bond donors (Lipinski definition) is 0. The average Bonchev–Trinajstić information content (AvgIpc) is 3.66. The zero-order valence-electron chi connectivity index (χ0n) is 30.6. The molecule has 0 spiro atoms. The van der Waals surface area contributed by atoms with Crippen LogP contribution in [0.25, 0.3) is 87.6 Å². The van der Waals surface area contributed by atoms with Gasteiger partial charge in [0.1, 0.15) is 11.2 Å². The van der Waals surface area contributed by atoms with Crippen LogP contribution in [0, 0.1) is 0 Å². The Bertz CT molecular complexity index is 3260. The van der Waals surface area contributed by atoms with Gasteiger partial charge in [0.2, 0.25) is 0 Å². The fourth-order valence-electron chi connectivity index (χ4n) is 8.45. The zero-order valence-corrected chi connectivity index (χ0v) is 30.6. The molecule has 0 saturated carbocycles. The lowest BCUT2D eigenvalue weighted by Gasteiger charge is -2.27. The SMILES string of the molecule is c1cc(-c2cccc(N(c3ccc(-c4ccc5ccccc5c4)cc3)c3ccc4ccc5ccccc5c4c3)c2)cc(-c2cccc3oc4ccccc4c23)c1. The van der Waals surface area contributed by atoms with Crippen molar-refractivity contribution in [2.45, 2.75) is 0 Å². The van der Waals surface area contributed by atoms with Gasteiger partial charge in [0, 0.05) is 27.8 Å². The monoisotopic (exact) mass is 713 g/mol. The molecule has 0 aliphatic rings. The number of anilines is 3. The highest BCUT2D eigenvalue weighted by Crippen LogP contribution is 2.41. The standard InChI is InChI=1S/C54H35NO/c1-2-12-40-32-43(25-22-36(40)10-1)37-26-29-45(30-27-37)55(47-31-28-39-24-23-38-11-3-4-17-48(38)51(39)35-47)46-16-8-14-42(34-46)41-13-7-15-44(33-41)49-19-9-21-53-54(49)50-18-5-6-20-52(50)56-53/h1-35H. The van der Waals surface area contributed by atoms with Crippen molar-refractivity contribution in [1.82, 2.24) is 0 Å². The lowest BCUT2D eigenvalue weighted by atomic mass is 9.95. The van der Waals surface area contributed by atoms with Crippen molar-refractivity contribution in [3.05, 3.63) is 212 Å². The largest absolute Gasteiger partial charge is 0.456 e. The minimum absolute atomic E-state index is 0.904. The second-order valence-corrected chi connectivity index (χ2v) is 14.5. The molecule has 11 aromatic rings. The number of benzene rings is 10. The predicted octanol–water partition coefficient (Wildman–Crippen LogP) is 15.5. The smallest absolute Gasteiger partial charge is 0.136 e. The van der Waals surface area contributed by atoms with Crippen molar-refractivity contribution in [1.29, 1.82) is 0 Å². The molecule has 11 rings (SSSR count). The fourth-order valence-corrected chi connectivity index (χ4v) is 8.45. The molecule has 1 heterocycles. The van der Waals surface area contributed by atoms with Crippen molar-refractivity contribution in [3.63, 3.8) is 0 Å². The quantitative estimate of drug-likeness (QED) is 0.160. The van der Waals surface area contributed by atoms with E-state index in [0.717, 1.165) is 55.7 Å². The lowest BCUT2D eigenvalue weighted by molar-refractivity contribution is 0.669. The third kappa shape index (κ3) is 5.51. The van der Waals surface area contributed by atoms with Gasteiger partial charge in [-0.15, -0.1) is 0 Å². The lowest BCUT2D eigenvalue weighted by Crippen LogP contribution is -2.10. The first kappa shape index (κ1) is 32.0. The first-order chi connectivity index (χ1) is 27.7. The highest BCUT2D eigenvalue weighted by molar-refractivity contribution is 6.13. The van der Waals surface area contributed by atoms with Crippen LogP contribution in [0.15, 0.2) is 217 Å². The highest BCUT2D eigenvalue weighted by atomic mass is 16.3. The van der Waals surface area contributed by atoms with Gasteiger partial charge in [0.05, 0.1) is 0 Å². The first-order valence-corrected chi connectivity index (χ1v) is 19.2. The molecule has 2 heteroatoms. The third-order valence-electron chi connectivity index (χ3n) is 11.2. The van der Waals surface area contributed by atoms with Crippen molar-refractivity contribution in [2.75, 3.05) is 4.90 Å². The Balaban J connectivity index is 1.04. The number of fused-ring (bicyclic) bond motifs is 7. The molecule has 0 unspecified atom stereocenters. The third-order valence-corrected chi connectivity index (χ3v) is 11.2. The van der Waals surface area contributed by atoms with Gasteiger partial charge < -0.3 is 9.32 Å². The van der Waals surface area contributed by atoms with Crippen LogP contribution < -0.4 is 4.90 Å². The minimum atomic E-state index is 0.904. The van der Waals surface area contributed by atoms with Crippen LogP contribution in [-0.2, 0) is 0 Å². The second-order valence-electron chi connectivity index (χ2n) is 14.5. The Kier molecular flexibility index (Phi) is 7.53. The molecular weight excluding hydrogens is 679 g/mol. The summed E-state index contributed by atoms with van der Waals surface area (Å²) in [7, 11) is 0. The molecule has 10 aromatic carbocycles. The van der Waals surface area contributed by atoms with E-state index in [1.165, 1.54) is 49.0 Å². The summed E-state index contributed by atoms with van der Waals surface area (Å²) < 4.78 is 6.25. The molecule has 0 N–H and O–H groups in total. The summed E-state index contributed by atoms with van der Waals surface area (Å²) >= 11 is 0. The van der Waals surface area contributed by atoms with Crippen molar-refractivity contribution < 1.29 is 4.42 Å². The normalized spacial score (nSPS) is 11.6. The maximum atomic E-state index is 6.25. The molecule has 1 aromatic heterocycles.